The van der Waals surface area contributed by atoms with Crippen molar-refractivity contribution in [1.82, 2.24) is 9.13 Å². The molecule has 33 heavy (non-hydrogen) atoms. The molecule has 0 aliphatic carbocycles. The van der Waals surface area contributed by atoms with E-state index in [0.717, 1.165) is 44.5 Å². The molecule has 0 unspecified atom stereocenters. The standard InChI is InChI=1S/C30H21N3/c31-29-28(33-26-16-8-4-12-21(26)22-13-5-9-17-27(22)33)19-18-24-23-14-6-7-15-25(23)32(30(24)29)20-10-2-1-3-11-20/h1-19H,31H2. The fraction of sp³-hybridized carbons (Fsp3) is 0. The van der Waals surface area contributed by atoms with Gasteiger partial charge in [-0.3, -0.25) is 0 Å². The molecule has 5 aromatic carbocycles. The summed E-state index contributed by atoms with van der Waals surface area (Å²) in [7, 11) is 0. The summed E-state index contributed by atoms with van der Waals surface area (Å²) < 4.78 is 4.59. The Morgan fingerprint density at radius 3 is 1.52 bits per heavy atom. The van der Waals surface area contributed by atoms with Gasteiger partial charge in [0, 0.05) is 27.2 Å². The number of para-hydroxylation sites is 4. The van der Waals surface area contributed by atoms with Crippen LogP contribution in [0.5, 0.6) is 0 Å². The van der Waals surface area contributed by atoms with Crippen molar-refractivity contribution in [3.05, 3.63) is 115 Å². The highest BCUT2D eigenvalue weighted by molar-refractivity contribution is 6.15. The number of benzene rings is 5. The summed E-state index contributed by atoms with van der Waals surface area (Å²) in [5, 5.41) is 4.83. The smallest absolute Gasteiger partial charge is 0.0810 e. The van der Waals surface area contributed by atoms with Crippen LogP contribution in [0.15, 0.2) is 115 Å². The molecule has 0 aliphatic heterocycles. The molecule has 0 fully saturated rings. The quantitative estimate of drug-likeness (QED) is 0.288. The van der Waals surface area contributed by atoms with Crippen molar-refractivity contribution in [2.24, 2.45) is 0 Å². The van der Waals surface area contributed by atoms with Gasteiger partial charge >= 0.3 is 0 Å². The number of nitrogens with two attached hydrogens (primary N) is 1. The normalized spacial score (nSPS) is 11.8. The Morgan fingerprint density at radius 2 is 0.909 bits per heavy atom. The van der Waals surface area contributed by atoms with E-state index in [1.54, 1.807) is 0 Å². The fourth-order valence-corrected chi connectivity index (χ4v) is 5.29. The lowest BCUT2D eigenvalue weighted by Gasteiger charge is -2.14. The van der Waals surface area contributed by atoms with E-state index in [1.807, 2.05) is 6.07 Å². The van der Waals surface area contributed by atoms with E-state index in [-0.39, 0.29) is 0 Å². The number of nitrogens with zero attached hydrogens (tertiary/aromatic N) is 2. The minimum atomic E-state index is 0.777. The van der Waals surface area contributed by atoms with Gasteiger partial charge in [-0.05, 0) is 42.5 Å². The van der Waals surface area contributed by atoms with Crippen LogP contribution in [0.25, 0.3) is 55.0 Å². The molecule has 0 saturated carbocycles. The Hall–Kier alpha value is -4.50. The van der Waals surface area contributed by atoms with Crippen LogP contribution in [0.1, 0.15) is 0 Å². The molecule has 0 amide bonds. The second-order valence-corrected chi connectivity index (χ2v) is 8.45. The van der Waals surface area contributed by atoms with Crippen LogP contribution in [0.3, 0.4) is 0 Å². The Bertz CT molecular complexity index is 1770. The number of hydrogen-bond donors (Lipinski definition) is 1. The van der Waals surface area contributed by atoms with Gasteiger partial charge in [-0.15, -0.1) is 0 Å². The van der Waals surface area contributed by atoms with Gasteiger partial charge in [0.15, 0.2) is 0 Å². The topological polar surface area (TPSA) is 35.9 Å². The summed E-state index contributed by atoms with van der Waals surface area (Å²) in [5.41, 5.74) is 14.5. The number of hydrogen-bond acceptors (Lipinski definition) is 1. The maximum Gasteiger partial charge on any atom is 0.0810 e. The lowest BCUT2D eigenvalue weighted by molar-refractivity contribution is 1.16. The van der Waals surface area contributed by atoms with Gasteiger partial charge in [0.2, 0.25) is 0 Å². The van der Waals surface area contributed by atoms with Gasteiger partial charge in [0.25, 0.3) is 0 Å². The Labute approximate surface area is 190 Å². The van der Waals surface area contributed by atoms with E-state index in [4.69, 9.17) is 5.73 Å². The van der Waals surface area contributed by atoms with E-state index in [9.17, 15) is 0 Å². The first-order chi connectivity index (χ1) is 16.3. The molecule has 0 atom stereocenters. The third-order valence-electron chi connectivity index (χ3n) is 6.69. The molecule has 7 rings (SSSR count). The highest BCUT2D eigenvalue weighted by Crippen LogP contribution is 2.40. The molecule has 0 spiro atoms. The maximum absolute atomic E-state index is 7.05. The second kappa shape index (κ2) is 6.75. The zero-order valence-electron chi connectivity index (χ0n) is 17.9. The summed E-state index contributed by atoms with van der Waals surface area (Å²) in [5.74, 6) is 0. The molecule has 0 bridgehead atoms. The van der Waals surface area contributed by atoms with E-state index >= 15 is 0 Å². The van der Waals surface area contributed by atoms with Crippen LogP contribution >= 0.6 is 0 Å². The van der Waals surface area contributed by atoms with Gasteiger partial charge in [-0.25, -0.2) is 0 Å². The van der Waals surface area contributed by atoms with Crippen molar-refractivity contribution in [1.29, 1.82) is 0 Å². The predicted molar refractivity (Wildman–Crippen MR) is 140 cm³/mol. The summed E-state index contributed by atoms with van der Waals surface area (Å²) in [6, 6.07) is 40.5. The van der Waals surface area contributed by atoms with Gasteiger partial charge in [0.1, 0.15) is 0 Å². The van der Waals surface area contributed by atoms with Crippen molar-refractivity contribution in [2.45, 2.75) is 0 Å². The molecule has 156 valence electrons. The summed E-state index contributed by atoms with van der Waals surface area (Å²) in [4.78, 5) is 0. The Kier molecular flexibility index (Phi) is 3.70. The molecule has 3 heteroatoms. The molecule has 0 radical (unpaired) electrons. The van der Waals surface area contributed by atoms with Crippen LogP contribution in [0, 0.1) is 0 Å². The molecular formula is C30H21N3. The van der Waals surface area contributed by atoms with E-state index in [1.165, 1.54) is 16.2 Å². The largest absolute Gasteiger partial charge is 0.395 e. The highest BCUT2D eigenvalue weighted by atomic mass is 15.0. The van der Waals surface area contributed by atoms with Crippen molar-refractivity contribution in [2.75, 3.05) is 5.73 Å². The zero-order chi connectivity index (χ0) is 21.9. The van der Waals surface area contributed by atoms with Gasteiger partial charge < -0.3 is 14.9 Å². The summed E-state index contributed by atoms with van der Waals surface area (Å²) >= 11 is 0. The average Bonchev–Trinajstić information content (AvgIpc) is 3.39. The van der Waals surface area contributed by atoms with E-state index in [0.29, 0.717) is 0 Å². The van der Waals surface area contributed by atoms with Crippen molar-refractivity contribution < 1.29 is 0 Å². The monoisotopic (exact) mass is 423 g/mol. The lowest BCUT2D eigenvalue weighted by atomic mass is 10.1. The third kappa shape index (κ3) is 2.45. The third-order valence-corrected chi connectivity index (χ3v) is 6.69. The first-order valence-electron chi connectivity index (χ1n) is 11.2. The van der Waals surface area contributed by atoms with Crippen LogP contribution in [0.2, 0.25) is 0 Å². The van der Waals surface area contributed by atoms with Gasteiger partial charge in [-0.2, -0.15) is 0 Å². The van der Waals surface area contributed by atoms with Crippen molar-refractivity contribution in [3.63, 3.8) is 0 Å². The number of fused-ring (bicyclic) bond motifs is 6. The highest BCUT2D eigenvalue weighted by Gasteiger charge is 2.19. The number of nitrogen functional groups attached to an aromatic ring is 1. The van der Waals surface area contributed by atoms with Crippen LogP contribution in [-0.2, 0) is 0 Å². The maximum atomic E-state index is 7.05. The first-order valence-corrected chi connectivity index (χ1v) is 11.2. The second-order valence-electron chi connectivity index (χ2n) is 8.45. The molecule has 0 aliphatic rings. The molecule has 2 heterocycles. The van der Waals surface area contributed by atoms with Gasteiger partial charge in [-0.1, -0.05) is 72.8 Å². The molecule has 3 nitrogen and oxygen atoms in total. The fourth-order valence-electron chi connectivity index (χ4n) is 5.29. The molecule has 2 aromatic heterocycles. The SMILES string of the molecule is Nc1c(-n2c3ccccc3c3ccccc32)ccc2c3ccccc3n(-c3ccccc3)c12. The number of rotatable bonds is 2. The molecule has 2 N–H and O–H groups in total. The molecule has 0 saturated heterocycles. The number of aromatic nitrogens is 2. The first kappa shape index (κ1) is 18.1. The Balaban J connectivity index is 1.66. The van der Waals surface area contributed by atoms with Crippen molar-refractivity contribution in [3.8, 4) is 11.4 Å². The van der Waals surface area contributed by atoms with E-state index < -0.39 is 0 Å². The van der Waals surface area contributed by atoms with E-state index in [2.05, 4.69) is 118 Å². The minimum Gasteiger partial charge on any atom is -0.395 e. The summed E-state index contributed by atoms with van der Waals surface area (Å²) in [6.45, 7) is 0. The average molecular weight is 424 g/mol. The van der Waals surface area contributed by atoms with Crippen LogP contribution in [-0.4, -0.2) is 9.13 Å². The molecular weight excluding hydrogens is 402 g/mol. The summed E-state index contributed by atoms with van der Waals surface area (Å²) in [6.07, 6.45) is 0. The number of anilines is 1. The van der Waals surface area contributed by atoms with Gasteiger partial charge in [0.05, 0.1) is 33.4 Å². The lowest BCUT2D eigenvalue weighted by Crippen LogP contribution is -2.03. The molecule has 7 aromatic rings. The van der Waals surface area contributed by atoms with Crippen LogP contribution in [0.4, 0.5) is 5.69 Å². The van der Waals surface area contributed by atoms with Crippen LogP contribution < -0.4 is 5.73 Å². The zero-order valence-corrected chi connectivity index (χ0v) is 17.9. The minimum absolute atomic E-state index is 0.777. The van der Waals surface area contributed by atoms with Crippen molar-refractivity contribution >= 4 is 49.3 Å². The Morgan fingerprint density at radius 1 is 0.424 bits per heavy atom. The predicted octanol–water partition coefficient (Wildman–Crippen LogP) is 7.46.